The van der Waals surface area contributed by atoms with E-state index in [1.54, 1.807) is 0 Å². The highest BCUT2D eigenvalue weighted by Gasteiger charge is 2.29. The smallest absolute Gasteiger partial charge is 0.237 e. The highest BCUT2D eigenvalue weighted by atomic mass is 35.5. The number of hydrogen-bond donors (Lipinski definition) is 2. The van der Waals surface area contributed by atoms with E-state index in [9.17, 15) is 4.79 Å². The quantitative estimate of drug-likeness (QED) is 0.550. The fourth-order valence-electron chi connectivity index (χ4n) is 3.69. The predicted molar refractivity (Wildman–Crippen MR) is 125 cm³/mol. The van der Waals surface area contributed by atoms with E-state index in [4.69, 9.17) is 4.74 Å². The van der Waals surface area contributed by atoms with Crippen molar-refractivity contribution in [2.75, 3.05) is 13.2 Å². The number of nitrogens with one attached hydrogen (secondary N) is 2. The number of amides is 1. The molecule has 5 nitrogen and oxygen atoms in total. The molecular formula is C23H27Cl2N3O2. The molecule has 0 saturated carbocycles. The Morgan fingerprint density at radius 1 is 1.07 bits per heavy atom. The van der Waals surface area contributed by atoms with Gasteiger partial charge in [-0.05, 0) is 37.5 Å². The van der Waals surface area contributed by atoms with Gasteiger partial charge in [0.05, 0.1) is 12.6 Å². The fraction of sp³-hybridized carbons (Fsp3) is 0.304. The first kappa shape index (κ1) is 23.9. The summed E-state index contributed by atoms with van der Waals surface area (Å²) in [5.41, 5.74) is 3.05. The van der Waals surface area contributed by atoms with Gasteiger partial charge in [0.2, 0.25) is 5.91 Å². The Morgan fingerprint density at radius 2 is 1.87 bits per heavy atom. The SMILES string of the molecule is Cc1ccc2cccc(OCCNC(=O)[C@H]3CC[C@H](c4ccccc4)N3)c2n1.Cl.Cl. The molecule has 160 valence electrons. The number of carbonyl (C=O) groups is 1. The molecule has 1 saturated heterocycles. The second-order valence-electron chi connectivity index (χ2n) is 7.18. The van der Waals surface area contributed by atoms with E-state index in [2.05, 4.69) is 27.8 Å². The minimum Gasteiger partial charge on any atom is -0.489 e. The zero-order valence-corrected chi connectivity index (χ0v) is 18.5. The number of fused-ring (bicyclic) bond motifs is 1. The third-order valence-electron chi connectivity index (χ3n) is 5.15. The van der Waals surface area contributed by atoms with Crippen LogP contribution in [0.15, 0.2) is 60.7 Å². The largest absolute Gasteiger partial charge is 0.489 e. The van der Waals surface area contributed by atoms with Crippen molar-refractivity contribution in [1.29, 1.82) is 0 Å². The zero-order chi connectivity index (χ0) is 19.3. The summed E-state index contributed by atoms with van der Waals surface area (Å²) in [6.45, 7) is 2.85. The Hall–Kier alpha value is -2.34. The molecule has 2 N–H and O–H groups in total. The molecule has 1 fully saturated rings. The first-order valence-corrected chi connectivity index (χ1v) is 9.78. The number of hydrogen-bond acceptors (Lipinski definition) is 4. The number of pyridine rings is 1. The van der Waals surface area contributed by atoms with Crippen LogP contribution in [0.3, 0.4) is 0 Å². The number of ether oxygens (including phenoxy) is 1. The van der Waals surface area contributed by atoms with Crippen LogP contribution in [0.1, 0.15) is 30.1 Å². The number of benzene rings is 2. The van der Waals surface area contributed by atoms with Gasteiger partial charge < -0.3 is 10.1 Å². The average molecular weight is 448 g/mol. The minimum absolute atomic E-state index is 0. The number of nitrogens with zero attached hydrogens (tertiary/aromatic N) is 1. The Labute approximate surface area is 189 Å². The van der Waals surface area contributed by atoms with Crippen molar-refractivity contribution in [1.82, 2.24) is 15.6 Å². The van der Waals surface area contributed by atoms with Crippen LogP contribution in [0.4, 0.5) is 0 Å². The lowest BCUT2D eigenvalue weighted by Gasteiger charge is -2.15. The second-order valence-corrected chi connectivity index (χ2v) is 7.18. The van der Waals surface area contributed by atoms with Gasteiger partial charge >= 0.3 is 0 Å². The van der Waals surface area contributed by atoms with Gasteiger partial charge in [-0.25, -0.2) is 4.98 Å². The third kappa shape index (κ3) is 5.63. The molecule has 0 aliphatic carbocycles. The molecule has 7 heteroatoms. The summed E-state index contributed by atoms with van der Waals surface area (Å²) in [7, 11) is 0. The molecule has 0 unspecified atom stereocenters. The lowest BCUT2D eigenvalue weighted by atomic mass is 10.1. The summed E-state index contributed by atoms with van der Waals surface area (Å²) in [6, 6.07) is 20.3. The summed E-state index contributed by atoms with van der Waals surface area (Å²) in [5.74, 6) is 0.785. The molecular weight excluding hydrogens is 421 g/mol. The molecule has 2 atom stereocenters. The van der Waals surface area contributed by atoms with Crippen LogP contribution in [0.5, 0.6) is 5.75 Å². The normalized spacial score (nSPS) is 17.6. The van der Waals surface area contributed by atoms with Gasteiger partial charge in [0, 0.05) is 17.1 Å². The van der Waals surface area contributed by atoms with Crippen LogP contribution < -0.4 is 15.4 Å². The predicted octanol–water partition coefficient (Wildman–Crippen LogP) is 4.38. The van der Waals surface area contributed by atoms with Crippen molar-refractivity contribution in [3.63, 3.8) is 0 Å². The fourth-order valence-corrected chi connectivity index (χ4v) is 3.69. The highest BCUT2D eigenvalue weighted by Crippen LogP contribution is 2.26. The van der Waals surface area contributed by atoms with Crippen molar-refractivity contribution in [2.45, 2.75) is 31.8 Å². The standard InChI is InChI=1S/C23H25N3O2.2ClH/c1-16-10-11-18-8-5-9-21(22(18)25-16)28-15-14-24-23(27)20-13-12-19(26-20)17-6-3-2-4-7-17;;/h2-11,19-20,26H,12-15H2,1H3,(H,24,27);2*1H/t19-,20-;;/m1../s1. The number of aromatic nitrogens is 1. The molecule has 30 heavy (non-hydrogen) atoms. The maximum Gasteiger partial charge on any atom is 0.237 e. The summed E-state index contributed by atoms with van der Waals surface area (Å²) >= 11 is 0. The van der Waals surface area contributed by atoms with Crippen LogP contribution >= 0.6 is 24.8 Å². The summed E-state index contributed by atoms with van der Waals surface area (Å²) < 4.78 is 5.88. The monoisotopic (exact) mass is 447 g/mol. The van der Waals surface area contributed by atoms with Gasteiger partial charge in [-0.1, -0.05) is 48.5 Å². The van der Waals surface area contributed by atoms with Crippen LogP contribution in [0.2, 0.25) is 0 Å². The van der Waals surface area contributed by atoms with Gasteiger partial charge in [0.25, 0.3) is 0 Å². The van der Waals surface area contributed by atoms with Gasteiger partial charge in [-0.2, -0.15) is 0 Å². The maximum atomic E-state index is 12.4. The molecule has 1 aliphatic rings. The molecule has 2 heterocycles. The Bertz CT molecular complexity index is 969. The number of para-hydroxylation sites is 1. The first-order valence-electron chi connectivity index (χ1n) is 9.78. The van der Waals surface area contributed by atoms with Crippen LogP contribution in [0.25, 0.3) is 10.9 Å². The lowest BCUT2D eigenvalue weighted by Crippen LogP contribution is -2.42. The molecule has 0 spiro atoms. The van der Waals surface area contributed by atoms with E-state index in [0.29, 0.717) is 13.2 Å². The topological polar surface area (TPSA) is 63.2 Å². The summed E-state index contributed by atoms with van der Waals surface area (Å²) in [6.07, 6.45) is 1.82. The molecule has 1 amide bonds. The number of aryl methyl sites for hydroxylation is 1. The van der Waals surface area contributed by atoms with E-state index in [0.717, 1.165) is 35.2 Å². The molecule has 1 aromatic heterocycles. The molecule has 2 aromatic carbocycles. The molecule has 0 bridgehead atoms. The van der Waals surface area contributed by atoms with E-state index in [1.165, 1.54) is 5.56 Å². The molecule has 0 radical (unpaired) electrons. The summed E-state index contributed by atoms with van der Waals surface area (Å²) in [4.78, 5) is 17.0. The van der Waals surface area contributed by atoms with Crippen molar-refractivity contribution in [3.05, 3.63) is 71.9 Å². The van der Waals surface area contributed by atoms with Gasteiger partial charge in [-0.3, -0.25) is 10.1 Å². The number of carbonyl (C=O) groups excluding carboxylic acids is 1. The lowest BCUT2D eigenvalue weighted by molar-refractivity contribution is -0.122. The van der Waals surface area contributed by atoms with Gasteiger partial charge in [0.1, 0.15) is 17.9 Å². The van der Waals surface area contributed by atoms with E-state index >= 15 is 0 Å². The van der Waals surface area contributed by atoms with Gasteiger partial charge in [-0.15, -0.1) is 24.8 Å². The Morgan fingerprint density at radius 3 is 2.67 bits per heavy atom. The average Bonchev–Trinajstić information content (AvgIpc) is 3.22. The van der Waals surface area contributed by atoms with Crippen LogP contribution in [0, 0.1) is 6.92 Å². The Balaban J connectivity index is 0.00000160. The van der Waals surface area contributed by atoms with Crippen molar-refractivity contribution >= 4 is 41.6 Å². The second kappa shape index (κ2) is 11.2. The third-order valence-corrected chi connectivity index (χ3v) is 5.15. The number of halogens is 2. The van der Waals surface area contributed by atoms with Crippen LogP contribution in [-0.4, -0.2) is 30.1 Å². The maximum absolute atomic E-state index is 12.4. The first-order chi connectivity index (χ1) is 13.7. The van der Waals surface area contributed by atoms with Crippen LogP contribution in [-0.2, 0) is 4.79 Å². The molecule has 4 rings (SSSR count). The van der Waals surface area contributed by atoms with Crippen molar-refractivity contribution in [3.8, 4) is 5.75 Å². The Kier molecular flexibility index (Phi) is 8.90. The summed E-state index contributed by atoms with van der Waals surface area (Å²) in [5, 5.41) is 7.46. The van der Waals surface area contributed by atoms with Crippen molar-refractivity contribution in [2.24, 2.45) is 0 Å². The molecule has 1 aliphatic heterocycles. The van der Waals surface area contributed by atoms with E-state index in [1.807, 2.05) is 55.5 Å². The molecule has 3 aromatic rings. The van der Waals surface area contributed by atoms with Crippen molar-refractivity contribution < 1.29 is 9.53 Å². The van der Waals surface area contributed by atoms with E-state index < -0.39 is 0 Å². The van der Waals surface area contributed by atoms with Gasteiger partial charge in [0.15, 0.2) is 0 Å². The number of rotatable bonds is 6. The zero-order valence-electron chi connectivity index (χ0n) is 16.8. The minimum atomic E-state index is -0.146. The highest BCUT2D eigenvalue weighted by molar-refractivity contribution is 5.86. The van der Waals surface area contributed by atoms with E-state index in [-0.39, 0.29) is 42.8 Å².